The number of aromatic carboxylic acids is 1. The lowest BCUT2D eigenvalue weighted by molar-refractivity contribution is 0.0700. The highest BCUT2D eigenvalue weighted by Gasteiger charge is 2.30. The van der Waals surface area contributed by atoms with Gasteiger partial charge in [0.2, 0.25) is 0 Å². The summed E-state index contributed by atoms with van der Waals surface area (Å²) in [6, 6.07) is 0.452. The van der Waals surface area contributed by atoms with Gasteiger partial charge in [0.25, 0.3) is 0 Å². The molecular formula is C13H20N2O2S. The molecule has 1 saturated heterocycles. The average Bonchev–Trinajstić information content (AvgIpc) is 2.81. The average molecular weight is 268 g/mol. The summed E-state index contributed by atoms with van der Waals surface area (Å²) >= 11 is 1.31. The summed E-state index contributed by atoms with van der Waals surface area (Å²) in [4.78, 5) is 18.5. The molecule has 1 aromatic rings. The molecule has 1 aliphatic rings. The summed E-state index contributed by atoms with van der Waals surface area (Å²) < 4.78 is 0. The first-order chi connectivity index (χ1) is 8.40. The van der Waals surface area contributed by atoms with Crippen molar-refractivity contribution >= 4 is 22.4 Å². The highest BCUT2D eigenvalue weighted by Crippen LogP contribution is 2.35. The summed E-state index contributed by atoms with van der Waals surface area (Å²) in [5, 5.41) is 10.1. The van der Waals surface area contributed by atoms with E-state index in [1.807, 2.05) is 13.8 Å². The SMILES string of the molecule is CC1CC(C)N(c2nc(C(C)C)c(C(=O)O)s2)C1. The lowest BCUT2D eigenvalue weighted by atomic mass is 10.1. The predicted molar refractivity (Wildman–Crippen MR) is 73.8 cm³/mol. The van der Waals surface area contributed by atoms with Gasteiger partial charge in [-0.15, -0.1) is 0 Å². The van der Waals surface area contributed by atoms with Crippen molar-refractivity contribution in [3.05, 3.63) is 10.6 Å². The number of aromatic nitrogens is 1. The molecule has 4 nitrogen and oxygen atoms in total. The van der Waals surface area contributed by atoms with E-state index in [9.17, 15) is 9.90 Å². The minimum Gasteiger partial charge on any atom is -0.477 e. The van der Waals surface area contributed by atoms with Gasteiger partial charge in [-0.3, -0.25) is 0 Å². The summed E-state index contributed by atoms with van der Waals surface area (Å²) in [6.45, 7) is 9.36. The second-order valence-electron chi connectivity index (χ2n) is 5.51. The van der Waals surface area contributed by atoms with Crippen LogP contribution >= 0.6 is 11.3 Å². The maximum absolute atomic E-state index is 11.3. The number of thiazole rings is 1. The zero-order chi connectivity index (χ0) is 13.4. The third kappa shape index (κ3) is 2.36. The molecule has 100 valence electrons. The monoisotopic (exact) mass is 268 g/mol. The Balaban J connectivity index is 2.35. The Hall–Kier alpha value is -1.10. The molecular weight excluding hydrogens is 248 g/mol. The van der Waals surface area contributed by atoms with Crippen molar-refractivity contribution in [3.63, 3.8) is 0 Å². The Morgan fingerprint density at radius 1 is 1.50 bits per heavy atom. The van der Waals surface area contributed by atoms with Crippen LogP contribution < -0.4 is 4.90 Å². The Bertz CT molecular complexity index is 456. The molecule has 0 amide bonds. The fourth-order valence-corrected chi connectivity index (χ4v) is 3.73. The molecule has 1 aliphatic heterocycles. The van der Waals surface area contributed by atoms with Crippen LogP contribution in [0.3, 0.4) is 0 Å². The number of carbonyl (C=O) groups is 1. The molecule has 0 aromatic carbocycles. The van der Waals surface area contributed by atoms with E-state index in [1.165, 1.54) is 11.3 Å². The van der Waals surface area contributed by atoms with Crippen LogP contribution in [-0.2, 0) is 0 Å². The molecule has 0 saturated carbocycles. The van der Waals surface area contributed by atoms with Crippen LogP contribution in [0.5, 0.6) is 0 Å². The molecule has 0 spiro atoms. The highest BCUT2D eigenvalue weighted by molar-refractivity contribution is 7.17. The summed E-state index contributed by atoms with van der Waals surface area (Å²) in [7, 11) is 0. The Labute approximate surface area is 112 Å². The van der Waals surface area contributed by atoms with E-state index in [2.05, 4.69) is 23.7 Å². The van der Waals surface area contributed by atoms with E-state index in [0.29, 0.717) is 22.5 Å². The highest BCUT2D eigenvalue weighted by atomic mass is 32.1. The van der Waals surface area contributed by atoms with Crippen molar-refractivity contribution < 1.29 is 9.90 Å². The zero-order valence-corrected chi connectivity index (χ0v) is 12.1. The van der Waals surface area contributed by atoms with Gasteiger partial charge in [0.05, 0.1) is 5.69 Å². The minimum atomic E-state index is -0.859. The van der Waals surface area contributed by atoms with E-state index < -0.39 is 5.97 Å². The maximum Gasteiger partial charge on any atom is 0.347 e. The molecule has 2 atom stereocenters. The normalized spacial score (nSPS) is 23.9. The molecule has 5 heteroatoms. The molecule has 2 heterocycles. The number of nitrogens with zero attached hydrogens (tertiary/aromatic N) is 2. The van der Waals surface area contributed by atoms with Crippen molar-refractivity contribution in [3.8, 4) is 0 Å². The van der Waals surface area contributed by atoms with Gasteiger partial charge in [0.1, 0.15) is 4.88 Å². The first kappa shape index (κ1) is 13.3. The van der Waals surface area contributed by atoms with Gasteiger partial charge >= 0.3 is 5.97 Å². The summed E-state index contributed by atoms with van der Waals surface area (Å²) in [6.07, 6.45) is 1.15. The van der Waals surface area contributed by atoms with Crippen LogP contribution in [0.15, 0.2) is 0 Å². The molecule has 1 N–H and O–H groups in total. The van der Waals surface area contributed by atoms with Crippen LogP contribution in [0.4, 0.5) is 5.13 Å². The number of carboxylic acids is 1. The number of rotatable bonds is 3. The Morgan fingerprint density at radius 3 is 2.56 bits per heavy atom. The molecule has 0 bridgehead atoms. The number of hydrogen-bond acceptors (Lipinski definition) is 4. The van der Waals surface area contributed by atoms with E-state index in [0.717, 1.165) is 18.1 Å². The molecule has 1 aromatic heterocycles. The first-order valence-corrected chi connectivity index (χ1v) is 7.22. The van der Waals surface area contributed by atoms with Crippen LogP contribution in [0.2, 0.25) is 0 Å². The Morgan fingerprint density at radius 2 is 2.17 bits per heavy atom. The zero-order valence-electron chi connectivity index (χ0n) is 11.3. The van der Waals surface area contributed by atoms with Crippen molar-refractivity contribution in [2.75, 3.05) is 11.4 Å². The second kappa shape index (κ2) is 4.88. The van der Waals surface area contributed by atoms with Gasteiger partial charge in [0, 0.05) is 12.6 Å². The quantitative estimate of drug-likeness (QED) is 0.914. The molecule has 0 radical (unpaired) electrons. The fraction of sp³-hybridized carbons (Fsp3) is 0.692. The van der Waals surface area contributed by atoms with Gasteiger partial charge in [-0.25, -0.2) is 9.78 Å². The van der Waals surface area contributed by atoms with Crippen LogP contribution in [0.25, 0.3) is 0 Å². The van der Waals surface area contributed by atoms with Crippen molar-refractivity contribution in [2.24, 2.45) is 5.92 Å². The van der Waals surface area contributed by atoms with E-state index >= 15 is 0 Å². The molecule has 1 fully saturated rings. The third-order valence-electron chi connectivity index (χ3n) is 3.41. The van der Waals surface area contributed by atoms with Crippen LogP contribution in [0, 0.1) is 5.92 Å². The third-order valence-corrected chi connectivity index (χ3v) is 4.51. The number of carboxylic acid groups (broad SMARTS) is 1. The van der Waals surface area contributed by atoms with Crippen LogP contribution in [-0.4, -0.2) is 28.6 Å². The van der Waals surface area contributed by atoms with Gasteiger partial charge in [0.15, 0.2) is 5.13 Å². The maximum atomic E-state index is 11.3. The lowest BCUT2D eigenvalue weighted by Crippen LogP contribution is -2.26. The van der Waals surface area contributed by atoms with E-state index in [4.69, 9.17) is 0 Å². The fourth-order valence-electron chi connectivity index (χ4n) is 2.55. The van der Waals surface area contributed by atoms with Crippen molar-refractivity contribution in [2.45, 2.75) is 46.1 Å². The summed E-state index contributed by atoms with van der Waals surface area (Å²) in [5.74, 6) is -0.0570. The van der Waals surface area contributed by atoms with Gasteiger partial charge in [-0.05, 0) is 25.2 Å². The predicted octanol–water partition coefficient (Wildman–Crippen LogP) is 3.20. The van der Waals surface area contributed by atoms with Crippen molar-refractivity contribution in [1.82, 2.24) is 4.98 Å². The molecule has 18 heavy (non-hydrogen) atoms. The molecule has 2 unspecified atom stereocenters. The van der Waals surface area contributed by atoms with Crippen LogP contribution in [0.1, 0.15) is 55.4 Å². The molecule has 2 rings (SSSR count). The van der Waals surface area contributed by atoms with E-state index in [1.54, 1.807) is 0 Å². The number of anilines is 1. The minimum absolute atomic E-state index is 0.149. The topological polar surface area (TPSA) is 53.4 Å². The number of hydrogen-bond donors (Lipinski definition) is 1. The largest absolute Gasteiger partial charge is 0.477 e. The van der Waals surface area contributed by atoms with Gasteiger partial charge < -0.3 is 10.0 Å². The standard InChI is InChI=1S/C13H20N2O2S/c1-7(2)10-11(12(16)17)18-13(14-10)15-6-8(3)5-9(15)4/h7-9H,5-6H2,1-4H3,(H,16,17). The lowest BCUT2D eigenvalue weighted by Gasteiger charge is -2.20. The second-order valence-corrected chi connectivity index (χ2v) is 6.49. The van der Waals surface area contributed by atoms with Crippen molar-refractivity contribution in [1.29, 1.82) is 0 Å². The Kier molecular flexibility index (Phi) is 3.61. The molecule has 0 aliphatic carbocycles. The first-order valence-electron chi connectivity index (χ1n) is 6.40. The van der Waals surface area contributed by atoms with Gasteiger partial charge in [-0.2, -0.15) is 0 Å². The smallest absolute Gasteiger partial charge is 0.347 e. The summed E-state index contributed by atoms with van der Waals surface area (Å²) in [5.41, 5.74) is 0.717. The van der Waals surface area contributed by atoms with E-state index in [-0.39, 0.29) is 5.92 Å². The van der Waals surface area contributed by atoms with Gasteiger partial charge in [-0.1, -0.05) is 32.1 Å².